The van der Waals surface area contributed by atoms with Gasteiger partial charge in [0.25, 0.3) is 0 Å². The quantitative estimate of drug-likeness (QED) is 0.697. The second kappa shape index (κ2) is 6.80. The zero-order valence-electron chi connectivity index (χ0n) is 14.1. The summed E-state index contributed by atoms with van der Waals surface area (Å²) in [4.78, 5) is 18.6. The molecular weight excluding hydrogens is 354 g/mol. The second-order valence-electron chi connectivity index (χ2n) is 6.04. The Hall–Kier alpha value is -2.86. The number of hydrogen-bond acceptors (Lipinski definition) is 5. The molecule has 2 heterocycles. The highest BCUT2D eigenvalue weighted by atomic mass is 35.5. The molecule has 2 aromatic carbocycles. The van der Waals surface area contributed by atoms with Crippen molar-refractivity contribution in [3.63, 3.8) is 0 Å². The molecule has 1 aromatic heterocycles. The summed E-state index contributed by atoms with van der Waals surface area (Å²) in [6.07, 6.45) is 0.321. The molecule has 0 spiro atoms. The van der Waals surface area contributed by atoms with Crippen molar-refractivity contribution in [3.8, 4) is 17.1 Å². The smallest absolute Gasteiger partial charge is 0.232 e. The Balaban J connectivity index is 1.57. The van der Waals surface area contributed by atoms with Crippen LogP contribution in [0.25, 0.3) is 11.4 Å². The molecular formula is C19H16ClN3O3. The molecule has 3 aromatic rings. The van der Waals surface area contributed by atoms with Gasteiger partial charge < -0.3 is 14.2 Å². The fourth-order valence-electron chi connectivity index (χ4n) is 3.05. The average Bonchev–Trinajstić information content (AvgIpc) is 3.29. The summed E-state index contributed by atoms with van der Waals surface area (Å²) in [6.45, 7) is 0.482. The van der Waals surface area contributed by atoms with Crippen LogP contribution in [0, 0.1) is 0 Å². The molecule has 1 saturated heterocycles. The SMILES string of the molecule is COc1cccc(N2CC(c3nc(-c4ccccc4Cl)no3)CC2=O)c1. The minimum Gasteiger partial charge on any atom is -0.497 e. The number of anilines is 1. The van der Waals surface area contributed by atoms with Crippen LogP contribution in [0.5, 0.6) is 5.75 Å². The second-order valence-corrected chi connectivity index (χ2v) is 6.45. The van der Waals surface area contributed by atoms with E-state index in [9.17, 15) is 4.79 Å². The third-order valence-corrected chi connectivity index (χ3v) is 4.73. The van der Waals surface area contributed by atoms with Crippen molar-refractivity contribution in [2.45, 2.75) is 12.3 Å². The molecule has 1 aliphatic rings. The Labute approximate surface area is 155 Å². The average molecular weight is 370 g/mol. The highest BCUT2D eigenvalue weighted by molar-refractivity contribution is 6.33. The molecule has 132 valence electrons. The maximum Gasteiger partial charge on any atom is 0.232 e. The first-order valence-corrected chi connectivity index (χ1v) is 8.56. The van der Waals surface area contributed by atoms with Gasteiger partial charge in [0.05, 0.1) is 18.1 Å². The van der Waals surface area contributed by atoms with Crippen LogP contribution in [0.1, 0.15) is 18.2 Å². The lowest BCUT2D eigenvalue weighted by Gasteiger charge is -2.16. The van der Waals surface area contributed by atoms with E-state index in [4.69, 9.17) is 20.9 Å². The fourth-order valence-corrected chi connectivity index (χ4v) is 3.27. The number of ether oxygens (including phenoxy) is 1. The van der Waals surface area contributed by atoms with E-state index in [1.807, 2.05) is 42.5 Å². The van der Waals surface area contributed by atoms with Gasteiger partial charge in [0.15, 0.2) is 0 Å². The highest BCUT2D eigenvalue weighted by Gasteiger charge is 2.35. The molecule has 0 bridgehead atoms. The maximum absolute atomic E-state index is 12.5. The molecule has 1 aliphatic heterocycles. The van der Waals surface area contributed by atoms with Crippen molar-refractivity contribution in [1.82, 2.24) is 10.1 Å². The monoisotopic (exact) mass is 369 g/mol. The summed E-state index contributed by atoms with van der Waals surface area (Å²) in [5.41, 5.74) is 1.50. The number of hydrogen-bond donors (Lipinski definition) is 0. The molecule has 6 nitrogen and oxygen atoms in total. The predicted molar refractivity (Wildman–Crippen MR) is 97.4 cm³/mol. The molecule has 0 saturated carbocycles. The number of halogens is 1. The molecule has 7 heteroatoms. The summed E-state index contributed by atoms with van der Waals surface area (Å²) in [7, 11) is 1.60. The molecule has 0 N–H and O–H groups in total. The fraction of sp³-hybridized carbons (Fsp3) is 0.211. The number of methoxy groups -OCH3 is 1. The van der Waals surface area contributed by atoms with E-state index in [0.29, 0.717) is 41.0 Å². The third kappa shape index (κ3) is 3.04. The van der Waals surface area contributed by atoms with Crippen LogP contribution in [-0.4, -0.2) is 29.7 Å². The van der Waals surface area contributed by atoms with Gasteiger partial charge in [0.2, 0.25) is 17.6 Å². The van der Waals surface area contributed by atoms with E-state index in [2.05, 4.69) is 10.1 Å². The number of amides is 1. The number of benzene rings is 2. The van der Waals surface area contributed by atoms with Gasteiger partial charge in [0, 0.05) is 30.3 Å². The molecule has 0 aliphatic carbocycles. The van der Waals surface area contributed by atoms with Crippen LogP contribution in [0.2, 0.25) is 5.02 Å². The summed E-state index contributed by atoms with van der Waals surface area (Å²) in [6, 6.07) is 14.7. The Morgan fingerprint density at radius 3 is 2.88 bits per heavy atom. The van der Waals surface area contributed by atoms with Crippen LogP contribution >= 0.6 is 11.6 Å². The normalized spacial score (nSPS) is 16.9. The van der Waals surface area contributed by atoms with Crippen LogP contribution in [-0.2, 0) is 4.79 Å². The zero-order valence-corrected chi connectivity index (χ0v) is 14.8. The van der Waals surface area contributed by atoms with Gasteiger partial charge in [-0.05, 0) is 24.3 Å². The Morgan fingerprint density at radius 2 is 2.08 bits per heavy atom. The van der Waals surface area contributed by atoms with Crippen molar-refractivity contribution in [2.75, 3.05) is 18.6 Å². The molecule has 1 amide bonds. The summed E-state index contributed by atoms with van der Waals surface area (Å²) in [5, 5.41) is 4.58. The van der Waals surface area contributed by atoms with Gasteiger partial charge in [0.1, 0.15) is 5.75 Å². The van der Waals surface area contributed by atoms with Gasteiger partial charge in [-0.15, -0.1) is 0 Å². The minimum atomic E-state index is -0.155. The van der Waals surface area contributed by atoms with Gasteiger partial charge in [-0.3, -0.25) is 4.79 Å². The van der Waals surface area contributed by atoms with Crippen molar-refractivity contribution in [1.29, 1.82) is 0 Å². The number of carbonyl (C=O) groups is 1. The number of carbonyl (C=O) groups excluding carboxylic acids is 1. The van der Waals surface area contributed by atoms with E-state index in [-0.39, 0.29) is 11.8 Å². The third-order valence-electron chi connectivity index (χ3n) is 4.40. The highest BCUT2D eigenvalue weighted by Crippen LogP contribution is 2.34. The van der Waals surface area contributed by atoms with E-state index >= 15 is 0 Å². The van der Waals surface area contributed by atoms with Crippen LogP contribution in [0.15, 0.2) is 53.1 Å². The van der Waals surface area contributed by atoms with E-state index in [1.54, 1.807) is 18.1 Å². The van der Waals surface area contributed by atoms with Crippen LogP contribution < -0.4 is 9.64 Å². The molecule has 1 fully saturated rings. The summed E-state index contributed by atoms with van der Waals surface area (Å²) in [5.74, 6) is 1.44. The molecule has 4 rings (SSSR count). The molecule has 1 atom stereocenters. The number of nitrogens with zero attached hydrogens (tertiary/aromatic N) is 3. The minimum absolute atomic E-state index is 0.0146. The van der Waals surface area contributed by atoms with E-state index in [0.717, 1.165) is 5.69 Å². The molecule has 1 unspecified atom stereocenters. The topological polar surface area (TPSA) is 68.5 Å². The Bertz CT molecular complexity index is 956. The Kier molecular flexibility index (Phi) is 4.34. The lowest BCUT2D eigenvalue weighted by molar-refractivity contribution is -0.117. The lowest BCUT2D eigenvalue weighted by Crippen LogP contribution is -2.24. The zero-order chi connectivity index (χ0) is 18.1. The van der Waals surface area contributed by atoms with Gasteiger partial charge >= 0.3 is 0 Å². The first-order chi connectivity index (χ1) is 12.7. The first-order valence-electron chi connectivity index (χ1n) is 8.18. The number of rotatable bonds is 4. The maximum atomic E-state index is 12.5. The van der Waals surface area contributed by atoms with Crippen molar-refractivity contribution < 1.29 is 14.1 Å². The van der Waals surface area contributed by atoms with Crippen LogP contribution in [0.4, 0.5) is 5.69 Å². The molecule has 26 heavy (non-hydrogen) atoms. The van der Waals surface area contributed by atoms with Gasteiger partial charge in [-0.1, -0.05) is 35.0 Å². The lowest BCUT2D eigenvalue weighted by atomic mass is 10.1. The van der Waals surface area contributed by atoms with Crippen molar-refractivity contribution in [3.05, 3.63) is 59.4 Å². The predicted octanol–water partition coefficient (Wildman–Crippen LogP) is 3.92. The van der Waals surface area contributed by atoms with E-state index in [1.165, 1.54) is 0 Å². The first kappa shape index (κ1) is 16.6. The van der Waals surface area contributed by atoms with Crippen molar-refractivity contribution >= 4 is 23.2 Å². The summed E-state index contributed by atoms with van der Waals surface area (Å²) >= 11 is 6.19. The van der Waals surface area contributed by atoms with Gasteiger partial charge in [-0.2, -0.15) is 4.98 Å². The van der Waals surface area contributed by atoms with Crippen molar-refractivity contribution in [2.24, 2.45) is 0 Å². The standard InChI is InChI=1S/C19H16ClN3O3/c1-25-14-6-4-5-13(10-14)23-11-12(9-17(23)24)19-21-18(22-26-19)15-7-2-3-8-16(15)20/h2-8,10,12H,9,11H2,1H3. The molecule has 0 radical (unpaired) electrons. The summed E-state index contributed by atoms with van der Waals surface area (Å²) < 4.78 is 10.6. The van der Waals surface area contributed by atoms with Crippen LogP contribution in [0.3, 0.4) is 0 Å². The Morgan fingerprint density at radius 1 is 1.23 bits per heavy atom. The number of aromatic nitrogens is 2. The van der Waals surface area contributed by atoms with Gasteiger partial charge in [-0.25, -0.2) is 0 Å². The van der Waals surface area contributed by atoms with E-state index < -0.39 is 0 Å². The largest absolute Gasteiger partial charge is 0.497 e.